The number of aliphatic hydroxyl groups excluding tert-OH is 1. The van der Waals surface area contributed by atoms with Gasteiger partial charge in [0.25, 0.3) is 0 Å². The fourth-order valence-electron chi connectivity index (χ4n) is 2.70. The molecule has 0 bridgehead atoms. The molecule has 0 aromatic heterocycles. The molecule has 1 atom stereocenters. The summed E-state index contributed by atoms with van der Waals surface area (Å²) in [5.41, 5.74) is 1.19. The van der Waals surface area contributed by atoms with Crippen molar-refractivity contribution in [2.75, 3.05) is 13.1 Å². The maximum absolute atomic E-state index is 12.6. The zero-order valence-corrected chi connectivity index (χ0v) is 13.5. The Morgan fingerprint density at radius 2 is 2.15 bits per heavy atom. The van der Waals surface area contributed by atoms with Gasteiger partial charge in [-0.25, -0.2) is 0 Å². The molecule has 1 amide bonds. The standard InChI is InChI=1S/C16H22BrNO2/c1-2-13(10-12-4-3-5-14(17)11-12)16(20)18-8-6-15(19)7-9-18/h3-5,11,13,15,19H,2,6-10H2,1H3/t13-/m1/s1. The second-order valence-corrected chi connectivity index (χ2v) is 6.41. The van der Waals surface area contributed by atoms with Gasteiger partial charge in [0.15, 0.2) is 0 Å². The quantitative estimate of drug-likeness (QED) is 0.915. The summed E-state index contributed by atoms with van der Waals surface area (Å²) in [6.45, 7) is 3.45. The molecule has 1 N–H and O–H groups in total. The fourth-order valence-corrected chi connectivity index (χ4v) is 3.15. The van der Waals surface area contributed by atoms with E-state index in [1.54, 1.807) is 0 Å². The van der Waals surface area contributed by atoms with Crippen molar-refractivity contribution < 1.29 is 9.90 Å². The largest absolute Gasteiger partial charge is 0.393 e. The lowest BCUT2D eigenvalue weighted by atomic mass is 9.94. The highest BCUT2D eigenvalue weighted by atomic mass is 79.9. The maximum Gasteiger partial charge on any atom is 0.226 e. The van der Waals surface area contributed by atoms with Crippen molar-refractivity contribution in [1.29, 1.82) is 0 Å². The first-order valence-electron chi connectivity index (χ1n) is 7.31. The molecule has 0 radical (unpaired) electrons. The van der Waals surface area contributed by atoms with Crippen molar-refractivity contribution in [3.63, 3.8) is 0 Å². The summed E-state index contributed by atoms with van der Waals surface area (Å²) in [5.74, 6) is 0.277. The minimum atomic E-state index is -0.232. The number of hydrogen-bond acceptors (Lipinski definition) is 2. The number of amides is 1. The Morgan fingerprint density at radius 3 is 2.75 bits per heavy atom. The second kappa shape index (κ2) is 7.23. The predicted molar refractivity (Wildman–Crippen MR) is 83.4 cm³/mol. The number of benzene rings is 1. The summed E-state index contributed by atoms with van der Waals surface area (Å²) < 4.78 is 1.05. The van der Waals surface area contributed by atoms with Crippen LogP contribution in [0.25, 0.3) is 0 Å². The van der Waals surface area contributed by atoms with Crippen molar-refractivity contribution in [1.82, 2.24) is 4.90 Å². The first-order valence-corrected chi connectivity index (χ1v) is 8.10. The highest BCUT2D eigenvalue weighted by molar-refractivity contribution is 9.10. The Kier molecular flexibility index (Phi) is 5.61. The van der Waals surface area contributed by atoms with Gasteiger partial charge in [0.1, 0.15) is 0 Å². The Balaban J connectivity index is 1.99. The normalized spacial score (nSPS) is 18.1. The molecule has 1 heterocycles. The average Bonchev–Trinajstić information content (AvgIpc) is 2.45. The molecular formula is C16H22BrNO2. The molecule has 0 spiro atoms. The number of likely N-dealkylation sites (tertiary alicyclic amines) is 1. The molecule has 1 aliphatic heterocycles. The molecule has 20 heavy (non-hydrogen) atoms. The lowest BCUT2D eigenvalue weighted by Gasteiger charge is -2.32. The summed E-state index contributed by atoms with van der Waals surface area (Å²) in [4.78, 5) is 14.5. The maximum atomic E-state index is 12.6. The predicted octanol–water partition coefficient (Wildman–Crippen LogP) is 3.00. The van der Waals surface area contributed by atoms with Gasteiger partial charge in [0, 0.05) is 23.5 Å². The summed E-state index contributed by atoms with van der Waals surface area (Å²) in [5, 5.41) is 9.53. The lowest BCUT2D eigenvalue weighted by molar-refractivity contribution is -0.137. The molecule has 0 unspecified atom stereocenters. The summed E-state index contributed by atoms with van der Waals surface area (Å²) in [7, 11) is 0. The number of halogens is 1. The number of carbonyl (C=O) groups excluding carboxylic acids is 1. The van der Waals surface area contributed by atoms with Crippen molar-refractivity contribution in [2.24, 2.45) is 5.92 Å². The first-order chi connectivity index (χ1) is 9.60. The van der Waals surface area contributed by atoms with Gasteiger partial charge < -0.3 is 10.0 Å². The van der Waals surface area contributed by atoms with Crippen LogP contribution in [0, 0.1) is 5.92 Å². The zero-order chi connectivity index (χ0) is 14.5. The van der Waals surface area contributed by atoms with Crippen molar-refractivity contribution in [2.45, 2.75) is 38.7 Å². The Hall–Kier alpha value is -0.870. The molecule has 3 nitrogen and oxygen atoms in total. The van der Waals surface area contributed by atoms with Crippen LogP contribution in [0.5, 0.6) is 0 Å². The van der Waals surface area contributed by atoms with E-state index in [0.29, 0.717) is 25.9 Å². The van der Waals surface area contributed by atoms with E-state index in [2.05, 4.69) is 35.0 Å². The third-order valence-corrected chi connectivity index (χ3v) is 4.48. The molecule has 1 aromatic carbocycles. The van der Waals surface area contributed by atoms with Crippen LogP contribution in [0.4, 0.5) is 0 Å². The Morgan fingerprint density at radius 1 is 1.45 bits per heavy atom. The summed E-state index contributed by atoms with van der Waals surface area (Å²) in [6, 6.07) is 8.16. The van der Waals surface area contributed by atoms with Gasteiger partial charge in [-0.2, -0.15) is 0 Å². The number of nitrogens with zero attached hydrogens (tertiary/aromatic N) is 1. The number of aliphatic hydroxyl groups is 1. The molecule has 1 aromatic rings. The number of carbonyl (C=O) groups is 1. The lowest BCUT2D eigenvalue weighted by Crippen LogP contribution is -2.43. The minimum Gasteiger partial charge on any atom is -0.393 e. The average molecular weight is 340 g/mol. The SMILES string of the molecule is CC[C@H](Cc1cccc(Br)c1)C(=O)N1CCC(O)CC1. The summed E-state index contributed by atoms with van der Waals surface area (Å²) in [6.07, 6.45) is 2.82. The van der Waals surface area contributed by atoms with Gasteiger partial charge in [-0.15, -0.1) is 0 Å². The second-order valence-electron chi connectivity index (χ2n) is 5.50. The molecule has 1 aliphatic rings. The van der Waals surface area contributed by atoms with Crippen LogP contribution in [0.15, 0.2) is 28.7 Å². The van der Waals surface area contributed by atoms with Gasteiger partial charge in [0.2, 0.25) is 5.91 Å². The molecule has 4 heteroatoms. The first kappa shape index (κ1) is 15.5. The van der Waals surface area contributed by atoms with Crippen LogP contribution in [0.1, 0.15) is 31.7 Å². The van der Waals surface area contributed by atoms with Crippen LogP contribution >= 0.6 is 15.9 Å². The van der Waals surface area contributed by atoms with Crippen LogP contribution in [-0.4, -0.2) is 35.1 Å². The van der Waals surface area contributed by atoms with Gasteiger partial charge in [-0.3, -0.25) is 4.79 Å². The Bertz CT molecular complexity index is 456. The van der Waals surface area contributed by atoms with Crippen molar-refractivity contribution in [3.05, 3.63) is 34.3 Å². The van der Waals surface area contributed by atoms with E-state index in [0.717, 1.165) is 17.3 Å². The van der Waals surface area contributed by atoms with E-state index >= 15 is 0 Å². The van der Waals surface area contributed by atoms with E-state index in [1.807, 2.05) is 17.0 Å². The van der Waals surface area contributed by atoms with Gasteiger partial charge >= 0.3 is 0 Å². The number of hydrogen-bond donors (Lipinski definition) is 1. The smallest absolute Gasteiger partial charge is 0.226 e. The minimum absolute atomic E-state index is 0.0412. The molecule has 1 fully saturated rings. The third-order valence-electron chi connectivity index (χ3n) is 3.99. The fraction of sp³-hybridized carbons (Fsp3) is 0.562. The highest BCUT2D eigenvalue weighted by Gasteiger charge is 2.26. The number of rotatable bonds is 4. The molecule has 0 saturated carbocycles. The molecule has 1 saturated heterocycles. The molecule has 2 rings (SSSR count). The monoisotopic (exact) mass is 339 g/mol. The van der Waals surface area contributed by atoms with Crippen molar-refractivity contribution in [3.8, 4) is 0 Å². The molecular weight excluding hydrogens is 318 g/mol. The zero-order valence-electron chi connectivity index (χ0n) is 11.9. The van der Waals surface area contributed by atoms with Gasteiger partial charge in [0.05, 0.1) is 6.10 Å². The van der Waals surface area contributed by atoms with Crippen LogP contribution in [-0.2, 0) is 11.2 Å². The number of piperidine rings is 1. The van der Waals surface area contributed by atoms with E-state index in [4.69, 9.17) is 0 Å². The molecule has 110 valence electrons. The van der Waals surface area contributed by atoms with E-state index < -0.39 is 0 Å². The summed E-state index contributed by atoms with van der Waals surface area (Å²) >= 11 is 3.47. The van der Waals surface area contributed by atoms with E-state index in [9.17, 15) is 9.90 Å². The van der Waals surface area contributed by atoms with Gasteiger partial charge in [-0.1, -0.05) is 35.0 Å². The van der Waals surface area contributed by atoms with Gasteiger partial charge in [-0.05, 0) is 43.4 Å². The van der Waals surface area contributed by atoms with Crippen LogP contribution < -0.4 is 0 Å². The highest BCUT2D eigenvalue weighted by Crippen LogP contribution is 2.20. The van der Waals surface area contributed by atoms with Crippen molar-refractivity contribution >= 4 is 21.8 Å². The molecule has 0 aliphatic carbocycles. The Labute approximate surface area is 129 Å². The van der Waals surface area contributed by atoms with Crippen LogP contribution in [0.2, 0.25) is 0 Å². The topological polar surface area (TPSA) is 40.5 Å². The third kappa shape index (κ3) is 4.06. The van der Waals surface area contributed by atoms with E-state index in [1.165, 1.54) is 5.56 Å². The van der Waals surface area contributed by atoms with Crippen LogP contribution in [0.3, 0.4) is 0 Å². The van der Waals surface area contributed by atoms with E-state index in [-0.39, 0.29) is 17.9 Å².